The van der Waals surface area contributed by atoms with Gasteiger partial charge in [0.1, 0.15) is 0 Å². The van der Waals surface area contributed by atoms with Crippen LogP contribution in [0, 0.1) is 11.3 Å². The zero-order valence-corrected chi connectivity index (χ0v) is 12.1. The Morgan fingerprint density at radius 3 is 2.12 bits per heavy atom. The van der Waals surface area contributed by atoms with Crippen molar-refractivity contribution >= 4 is 0 Å². The second kappa shape index (κ2) is 5.73. The molecule has 1 N–H and O–H groups in total. The Labute approximate surface area is 108 Å². The van der Waals surface area contributed by atoms with Crippen LogP contribution in [0.15, 0.2) is 0 Å². The van der Waals surface area contributed by atoms with Crippen molar-refractivity contribution < 1.29 is 0 Å². The fourth-order valence-corrected chi connectivity index (χ4v) is 3.71. The first-order valence-corrected chi connectivity index (χ1v) is 7.83. The van der Waals surface area contributed by atoms with E-state index in [1.807, 2.05) is 0 Å². The van der Waals surface area contributed by atoms with Crippen molar-refractivity contribution in [2.24, 2.45) is 11.3 Å². The minimum absolute atomic E-state index is 0.603. The van der Waals surface area contributed by atoms with Crippen LogP contribution in [0.25, 0.3) is 0 Å². The van der Waals surface area contributed by atoms with Gasteiger partial charge in [-0.05, 0) is 56.8 Å². The summed E-state index contributed by atoms with van der Waals surface area (Å²) in [6.07, 6.45) is 12.9. The molecule has 2 fully saturated rings. The molecule has 0 aromatic carbocycles. The fourth-order valence-electron chi connectivity index (χ4n) is 3.71. The first-order valence-electron chi connectivity index (χ1n) is 7.83. The van der Waals surface area contributed by atoms with Gasteiger partial charge in [0.05, 0.1) is 0 Å². The Morgan fingerprint density at radius 1 is 0.941 bits per heavy atom. The van der Waals surface area contributed by atoms with E-state index >= 15 is 0 Å². The van der Waals surface area contributed by atoms with Crippen LogP contribution in [-0.2, 0) is 0 Å². The van der Waals surface area contributed by atoms with Gasteiger partial charge >= 0.3 is 0 Å². The lowest BCUT2D eigenvalue weighted by Gasteiger charge is -2.38. The topological polar surface area (TPSA) is 12.0 Å². The average Bonchev–Trinajstić information content (AvgIpc) is 2.33. The third-order valence-corrected chi connectivity index (χ3v) is 5.19. The molecule has 1 nitrogen and oxygen atoms in total. The highest BCUT2D eigenvalue weighted by molar-refractivity contribution is 4.85. The molecular formula is C16H31N. The van der Waals surface area contributed by atoms with Crippen molar-refractivity contribution in [3.8, 4) is 0 Å². The van der Waals surface area contributed by atoms with Crippen LogP contribution >= 0.6 is 0 Å². The van der Waals surface area contributed by atoms with Crippen LogP contribution < -0.4 is 5.32 Å². The predicted octanol–water partition coefficient (Wildman–Crippen LogP) is 4.51. The molecule has 2 aliphatic rings. The molecule has 0 saturated heterocycles. The van der Waals surface area contributed by atoms with Gasteiger partial charge in [0, 0.05) is 12.1 Å². The van der Waals surface area contributed by atoms with Crippen molar-refractivity contribution in [2.75, 3.05) is 0 Å². The Bertz CT molecular complexity index is 218. The lowest BCUT2D eigenvalue weighted by Crippen LogP contribution is -2.44. The molecule has 100 valence electrons. The van der Waals surface area contributed by atoms with Crippen molar-refractivity contribution in [3.05, 3.63) is 0 Å². The molecule has 0 amide bonds. The number of hydrogen-bond acceptors (Lipinski definition) is 1. The Balaban J connectivity index is 1.73. The molecule has 0 spiro atoms. The van der Waals surface area contributed by atoms with E-state index in [4.69, 9.17) is 0 Å². The Kier molecular flexibility index (Phi) is 4.52. The number of nitrogens with one attached hydrogen (secondary N) is 1. The van der Waals surface area contributed by atoms with Crippen molar-refractivity contribution in [3.63, 3.8) is 0 Å². The van der Waals surface area contributed by atoms with Crippen LogP contribution in [-0.4, -0.2) is 12.1 Å². The van der Waals surface area contributed by atoms with Crippen LogP contribution in [0.2, 0.25) is 0 Å². The molecule has 0 unspecified atom stereocenters. The highest BCUT2D eigenvalue weighted by Gasteiger charge is 2.29. The third-order valence-electron chi connectivity index (χ3n) is 5.19. The monoisotopic (exact) mass is 237 g/mol. The summed E-state index contributed by atoms with van der Waals surface area (Å²) < 4.78 is 0. The number of rotatable bonds is 3. The standard InChI is InChI=1S/C16H31N/c1-13(14-7-5-4-6-8-14)17-15-9-11-16(2,3)12-10-15/h13-15,17H,4-12H2,1-3H3/t13-/m0/s1. The summed E-state index contributed by atoms with van der Waals surface area (Å²) in [6, 6.07) is 1.56. The van der Waals surface area contributed by atoms with E-state index in [1.54, 1.807) is 0 Å². The molecule has 0 aromatic heterocycles. The van der Waals surface area contributed by atoms with Crippen molar-refractivity contribution in [1.29, 1.82) is 0 Å². The predicted molar refractivity (Wildman–Crippen MR) is 75.2 cm³/mol. The maximum atomic E-state index is 3.93. The molecule has 1 heteroatoms. The van der Waals surface area contributed by atoms with Gasteiger partial charge < -0.3 is 5.32 Å². The maximum absolute atomic E-state index is 3.93. The highest BCUT2D eigenvalue weighted by Crippen LogP contribution is 2.35. The molecule has 0 radical (unpaired) electrons. The molecule has 2 saturated carbocycles. The summed E-state index contributed by atoms with van der Waals surface area (Å²) in [4.78, 5) is 0. The quantitative estimate of drug-likeness (QED) is 0.761. The van der Waals surface area contributed by atoms with Crippen LogP contribution in [0.5, 0.6) is 0 Å². The van der Waals surface area contributed by atoms with Crippen LogP contribution in [0.3, 0.4) is 0 Å². The molecule has 0 aliphatic heterocycles. The minimum Gasteiger partial charge on any atom is -0.311 e. The first kappa shape index (κ1) is 13.4. The van der Waals surface area contributed by atoms with Gasteiger partial charge in [0.15, 0.2) is 0 Å². The largest absolute Gasteiger partial charge is 0.311 e. The van der Waals surface area contributed by atoms with E-state index in [9.17, 15) is 0 Å². The maximum Gasteiger partial charge on any atom is 0.00700 e. The summed E-state index contributed by atoms with van der Waals surface area (Å²) in [5.74, 6) is 0.957. The molecule has 2 aliphatic carbocycles. The Morgan fingerprint density at radius 2 is 1.53 bits per heavy atom. The van der Waals surface area contributed by atoms with E-state index in [-0.39, 0.29) is 0 Å². The highest BCUT2D eigenvalue weighted by atomic mass is 15.0. The Hall–Kier alpha value is -0.0400. The van der Waals surface area contributed by atoms with E-state index in [0.717, 1.165) is 18.0 Å². The SMILES string of the molecule is C[C@H](NC1CCC(C)(C)CC1)C1CCCCC1. The third kappa shape index (κ3) is 3.98. The van der Waals surface area contributed by atoms with Gasteiger partial charge in [-0.2, -0.15) is 0 Å². The fraction of sp³-hybridized carbons (Fsp3) is 1.00. The molecular weight excluding hydrogens is 206 g/mol. The number of hydrogen-bond donors (Lipinski definition) is 1. The second-order valence-corrected chi connectivity index (χ2v) is 7.29. The van der Waals surface area contributed by atoms with Crippen LogP contribution in [0.4, 0.5) is 0 Å². The summed E-state index contributed by atoms with van der Waals surface area (Å²) in [5.41, 5.74) is 0.603. The molecule has 17 heavy (non-hydrogen) atoms. The molecule has 1 atom stereocenters. The normalized spacial score (nSPS) is 29.1. The van der Waals surface area contributed by atoms with Crippen molar-refractivity contribution in [2.45, 2.75) is 90.6 Å². The summed E-state index contributed by atoms with van der Waals surface area (Å²) >= 11 is 0. The molecule has 0 bridgehead atoms. The smallest absolute Gasteiger partial charge is 0.00700 e. The van der Waals surface area contributed by atoms with Gasteiger partial charge in [-0.15, -0.1) is 0 Å². The lowest BCUT2D eigenvalue weighted by molar-refractivity contribution is 0.180. The van der Waals surface area contributed by atoms with E-state index in [1.165, 1.54) is 57.8 Å². The van der Waals surface area contributed by atoms with Crippen LogP contribution in [0.1, 0.15) is 78.6 Å². The lowest BCUT2D eigenvalue weighted by atomic mass is 9.75. The van der Waals surface area contributed by atoms with Gasteiger partial charge in [-0.1, -0.05) is 33.1 Å². The first-order chi connectivity index (χ1) is 8.07. The second-order valence-electron chi connectivity index (χ2n) is 7.29. The van der Waals surface area contributed by atoms with Gasteiger partial charge in [0.2, 0.25) is 0 Å². The minimum atomic E-state index is 0.603. The molecule has 0 aromatic rings. The van der Waals surface area contributed by atoms with E-state index in [2.05, 4.69) is 26.1 Å². The summed E-state index contributed by atoms with van der Waals surface area (Å²) in [5, 5.41) is 3.93. The molecule has 2 rings (SSSR count). The zero-order chi connectivity index (χ0) is 12.3. The van der Waals surface area contributed by atoms with E-state index < -0.39 is 0 Å². The van der Waals surface area contributed by atoms with E-state index in [0.29, 0.717) is 5.41 Å². The van der Waals surface area contributed by atoms with Crippen molar-refractivity contribution in [1.82, 2.24) is 5.32 Å². The summed E-state index contributed by atoms with van der Waals surface area (Å²) in [7, 11) is 0. The van der Waals surface area contributed by atoms with Gasteiger partial charge in [0.25, 0.3) is 0 Å². The van der Waals surface area contributed by atoms with Gasteiger partial charge in [-0.3, -0.25) is 0 Å². The molecule has 0 heterocycles. The average molecular weight is 237 g/mol. The van der Waals surface area contributed by atoms with Gasteiger partial charge in [-0.25, -0.2) is 0 Å². The zero-order valence-electron chi connectivity index (χ0n) is 12.1. The summed E-state index contributed by atoms with van der Waals surface area (Å²) in [6.45, 7) is 7.28.